The molecule has 2 N–H and O–H groups in total. The van der Waals surface area contributed by atoms with Crippen molar-refractivity contribution in [1.29, 1.82) is 0 Å². The Morgan fingerprint density at radius 3 is 2.96 bits per heavy atom. The first-order valence-electron chi connectivity index (χ1n) is 9.90. The molecule has 1 aliphatic heterocycles. The molecule has 1 atom stereocenters. The standard InChI is InChI=1S/C18H35N7S/c1-4-17-23-22-15-25(17)12-10-20-18(19-9-7-13-26-3)21-14-16-8-6-11-24(16)5-2/h15-16H,4-14H2,1-3H3,(H2,19,20,21). The zero-order valence-electron chi connectivity index (χ0n) is 16.6. The monoisotopic (exact) mass is 381 g/mol. The fourth-order valence-corrected chi connectivity index (χ4v) is 3.78. The van der Waals surface area contributed by atoms with Crippen LogP contribution in [-0.2, 0) is 13.0 Å². The summed E-state index contributed by atoms with van der Waals surface area (Å²) in [5.41, 5.74) is 0. The van der Waals surface area contributed by atoms with Crippen LogP contribution in [0, 0.1) is 0 Å². The summed E-state index contributed by atoms with van der Waals surface area (Å²) in [5.74, 6) is 3.13. The normalized spacial score (nSPS) is 18.4. The fraction of sp³-hybridized carbons (Fsp3) is 0.833. The average molecular weight is 382 g/mol. The number of nitrogens with one attached hydrogen (secondary N) is 2. The second kappa shape index (κ2) is 12.2. The summed E-state index contributed by atoms with van der Waals surface area (Å²) >= 11 is 1.89. The highest BCUT2D eigenvalue weighted by Crippen LogP contribution is 2.16. The number of aliphatic imine (C=N–C) groups is 1. The number of thioether (sulfide) groups is 1. The molecule has 0 saturated carbocycles. The van der Waals surface area contributed by atoms with E-state index in [-0.39, 0.29) is 0 Å². The van der Waals surface area contributed by atoms with Crippen LogP contribution in [0.1, 0.15) is 38.9 Å². The molecule has 0 aliphatic carbocycles. The van der Waals surface area contributed by atoms with Gasteiger partial charge in [-0.3, -0.25) is 9.89 Å². The third-order valence-corrected chi connectivity index (χ3v) is 5.54. The summed E-state index contributed by atoms with van der Waals surface area (Å²) in [5, 5.41) is 15.1. The number of hydrogen-bond acceptors (Lipinski definition) is 5. The Kier molecular flexibility index (Phi) is 9.84. The predicted molar refractivity (Wildman–Crippen MR) is 111 cm³/mol. The maximum atomic E-state index is 4.87. The number of aromatic nitrogens is 3. The van der Waals surface area contributed by atoms with E-state index in [1.807, 2.05) is 11.8 Å². The van der Waals surface area contributed by atoms with Crippen LogP contribution in [0.25, 0.3) is 0 Å². The van der Waals surface area contributed by atoms with Gasteiger partial charge in [0.25, 0.3) is 0 Å². The fourth-order valence-electron chi connectivity index (χ4n) is 3.35. The van der Waals surface area contributed by atoms with E-state index in [0.29, 0.717) is 6.04 Å². The molecule has 7 nitrogen and oxygen atoms in total. The highest BCUT2D eigenvalue weighted by atomic mass is 32.2. The summed E-state index contributed by atoms with van der Waals surface area (Å²) in [7, 11) is 0. The highest BCUT2D eigenvalue weighted by Gasteiger charge is 2.22. The number of guanidine groups is 1. The summed E-state index contributed by atoms with van der Waals surface area (Å²) in [6.45, 7) is 10.2. The zero-order valence-corrected chi connectivity index (χ0v) is 17.4. The highest BCUT2D eigenvalue weighted by molar-refractivity contribution is 7.98. The molecule has 2 rings (SSSR count). The molecule has 1 saturated heterocycles. The van der Waals surface area contributed by atoms with Gasteiger partial charge >= 0.3 is 0 Å². The number of nitrogens with zero attached hydrogens (tertiary/aromatic N) is 5. The minimum Gasteiger partial charge on any atom is -0.356 e. The lowest BCUT2D eigenvalue weighted by Gasteiger charge is -2.21. The molecule has 8 heteroatoms. The molecule has 0 aromatic carbocycles. The van der Waals surface area contributed by atoms with Crippen LogP contribution < -0.4 is 10.6 Å². The first kappa shape index (κ1) is 21.0. The Morgan fingerprint density at radius 2 is 2.19 bits per heavy atom. The second-order valence-electron chi connectivity index (χ2n) is 6.61. The van der Waals surface area contributed by atoms with E-state index < -0.39 is 0 Å². The Balaban J connectivity index is 1.84. The Labute approximate surface area is 162 Å². The van der Waals surface area contributed by atoms with E-state index in [0.717, 1.165) is 57.3 Å². The van der Waals surface area contributed by atoms with Crippen LogP contribution in [0.5, 0.6) is 0 Å². The van der Waals surface area contributed by atoms with E-state index in [4.69, 9.17) is 4.99 Å². The summed E-state index contributed by atoms with van der Waals surface area (Å²) in [6.07, 6.45) is 8.57. The van der Waals surface area contributed by atoms with Gasteiger partial charge in [0.15, 0.2) is 5.96 Å². The van der Waals surface area contributed by atoms with E-state index >= 15 is 0 Å². The van der Waals surface area contributed by atoms with Gasteiger partial charge in [-0.15, -0.1) is 10.2 Å². The van der Waals surface area contributed by atoms with Gasteiger partial charge < -0.3 is 15.2 Å². The lowest BCUT2D eigenvalue weighted by atomic mass is 10.2. The number of rotatable bonds is 11. The van der Waals surface area contributed by atoms with Crippen molar-refractivity contribution in [2.24, 2.45) is 4.99 Å². The van der Waals surface area contributed by atoms with Gasteiger partial charge in [0.2, 0.25) is 0 Å². The van der Waals surface area contributed by atoms with Gasteiger partial charge in [0.1, 0.15) is 12.2 Å². The quantitative estimate of drug-likeness (QED) is 0.345. The lowest BCUT2D eigenvalue weighted by molar-refractivity contribution is 0.273. The van der Waals surface area contributed by atoms with Crippen LogP contribution in [0.3, 0.4) is 0 Å². The molecular formula is C18H35N7S. The molecule has 0 radical (unpaired) electrons. The largest absolute Gasteiger partial charge is 0.356 e. The van der Waals surface area contributed by atoms with Gasteiger partial charge in [0, 0.05) is 32.1 Å². The van der Waals surface area contributed by atoms with Crippen LogP contribution in [0.15, 0.2) is 11.3 Å². The van der Waals surface area contributed by atoms with Crippen molar-refractivity contribution in [2.45, 2.75) is 52.1 Å². The molecule has 0 amide bonds. The molecule has 1 fully saturated rings. The van der Waals surface area contributed by atoms with Crippen molar-refractivity contribution < 1.29 is 0 Å². The molecule has 2 heterocycles. The van der Waals surface area contributed by atoms with Crippen molar-refractivity contribution in [1.82, 2.24) is 30.3 Å². The van der Waals surface area contributed by atoms with Gasteiger partial charge in [0.05, 0.1) is 6.54 Å². The predicted octanol–water partition coefficient (Wildman–Crippen LogP) is 1.61. The SMILES string of the molecule is CCc1nncn1CCNC(=NCC1CCCN1CC)NCCCSC. The lowest BCUT2D eigenvalue weighted by Crippen LogP contribution is -2.41. The van der Waals surface area contributed by atoms with Gasteiger partial charge in [-0.25, -0.2) is 0 Å². The Morgan fingerprint density at radius 1 is 1.35 bits per heavy atom. The maximum absolute atomic E-state index is 4.87. The smallest absolute Gasteiger partial charge is 0.191 e. The van der Waals surface area contributed by atoms with Crippen molar-refractivity contribution >= 4 is 17.7 Å². The summed E-state index contributed by atoms with van der Waals surface area (Å²) in [6, 6.07) is 0.592. The van der Waals surface area contributed by atoms with Crippen LogP contribution in [0.4, 0.5) is 0 Å². The van der Waals surface area contributed by atoms with E-state index in [9.17, 15) is 0 Å². The molecule has 0 bridgehead atoms. The zero-order chi connectivity index (χ0) is 18.6. The molecule has 0 spiro atoms. The van der Waals surface area contributed by atoms with Gasteiger partial charge in [-0.2, -0.15) is 11.8 Å². The molecule has 1 aromatic rings. The number of hydrogen-bond donors (Lipinski definition) is 2. The van der Waals surface area contributed by atoms with Gasteiger partial charge in [-0.05, 0) is 44.4 Å². The van der Waals surface area contributed by atoms with Gasteiger partial charge in [-0.1, -0.05) is 13.8 Å². The van der Waals surface area contributed by atoms with Crippen molar-refractivity contribution in [2.75, 3.05) is 44.7 Å². The minimum absolute atomic E-state index is 0.592. The molecule has 1 aliphatic rings. The van der Waals surface area contributed by atoms with Crippen LogP contribution in [-0.4, -0.2) is 76.4 Å². The van der Waals surface area contributed by atoms with Crippen molar-refractivity contribution in [3.05, 3.63) is 12.2 Å². The summed E-state index contributed by atoms with van der Waals surface area (Å²) in [4.78, 5) is 7.41. The average Bonchev–Trinajstić information content (AvgIpc) is 3.31. The number of likely N-dealkylation sites (N-methyl/N-ethyl adjacent to an activating group) is 1. The topological polar surface area (TPSA) is 70.4 Å². The number of likely N-dealkylation sites (tertiary alicyclic amines) is 1. The van der Waals surface area contributed by atoms with Crippen molar-refractivity contribution in [3.8, 4) is 0 Å². The third kappa shape index (κ3) is 6.79. The maximum Gasteiger partial charge on any atom is 0.191 e. The molecule has 26 heavy (non-hydrogen) atoms. The Hall–Kier alpha value is -1.28. The molecule has 148 valence electrons. The first-order valence-corrected chi connectivity index (χ1v) is 11.3. The number of aryl methyl sites for hydroxylation is 1. The van der Waals surface area contributed by atoms with Crippen LogP contribution >= 0.6 is 11.8 Å². The van der Waals surface area contributed by atoms with E-state index in [2.05, 4.69) is 50.4 Å². The van der Waals surface area contributed by atoms with Crippen molar-refractivity contribution in [3.63, 3.8) is 0 Å². The minimum atomic E-state index is 0.592. The molecule has 1 aromatic heterocycles. The molecule has 1 unspecified atom stereocenters. The third-order valence-electron chi connectivity index (χ3n) is 4.84. The van der Waals surface area contributed by atoms with E-state index in [1.54, 1.807) is 6.33 Å². The molecular weight excluding hydrogens is 346 g/mol. The Bertz CT molecular complexity index is 531. The van der Waals surface area contributed by atoms with Crippen LogP contribution in [0.2, 0.25) is 0 Å². The summed E-state index contributed by atoms with van der Waals surface area (Å²) < 4.78 is 2.11. The second-order valence-corrected chi connectivity index (χ2v) is 7.59. The first-order chi connectivity index (χ1) is 12.8. The van der Waals surface area contributed by atoms with E-state index in [1.165, 1.54) is 25.1 Å².